The van der Waals surface area contributed by atoms with Crippen LogP contribution in [-0.4, -0.2) is 29.6 Å². The minimum Gasteiger partial charge on any atom is -0.393 e. The van der Waals surface area contributed by atoms with Gasteiger partial charge in [0.25, 0.3) is 0 Å². The Morgan fingerprint density at radius 3 is 2.43 bits per heavy atom. The van der Waals surface area contributed by atoms with Gasteiger partial charge in [-0.25, -0.2) is 0 Å². The number of aliphatic hydroxyl groups is 1. The number of aliphatic hydroxyl groups excluding tert-OH is 1. The van der Waals surface area contributed by atoms with Gasteiger partial charge in [0.2, 0.25) is 0 Å². The second-order valence-electron chi connectivity index (χ2n) is 13.3. The summed E-state index contributed by atoms with van der Waals surface area (Å²) < 4.78 is 7.01. The molecule has 2 heterocycles. The highest BCUT2D eigenvalue weighted by Crippen LogP contribution is 2.71. The molecule has 0 aromatic carbocycles. The van der Waals surface area contributed by atoms with E-state index < -0.39 is 0 Å². The lowest BCUT2D eigenvalue weighted by atomic mass is 9.44. The number of rotatable bonds is 0. The molecule has 2 aliphatic heterocycles. The van der Waals surface area contributed by atoms with E-state index in [1.165, 1.54) is 51.4 Å². The van der Waals surface area contributed by atoms with Crippen molar-refractivity contribution < 1.29 is 9.84 Å². The van der Waals surface area contributed by atoms with E-state index in [1.807, 2.05) is 0 Å². The minimum absolute atomic E-state index is 0.0319. The SMILES string of the molecule is CC1CC[C@]2(NC1)O[C@H]1CC3C4CC[C@H]5C[C@@H](O)CC[C@]5(C)C4CC[C@]3(C)[C@H]1[C@@H]2C. The Morgan fingerprint density at radius 2 is 1.67 bits per heavy atom. The maximum absolute atomic E-state index is 10.3. The molecule has 4 aliphatic carbocycles. The number of piperidine rings is 1. The average Bonchev–Trinajstić information content (AvgIpc) is 3.16. The first-order chi connectivity index (χ1) is 14.3. The van der Waals surface area contributed by atoms with Crippen LogP contribution in [0.1, 0.15) is 91.9 Å². The third kappa shape index (κ3) is 2.61. The molecule has 6 fully saturated rings. The van der Waals surface area contributed by atoms with E-state index in [4.69, 9.17) is 4.74 Å². The topological polar surface area (TPSA) is 41.5 Å². The van der Waals surface area contributed by atoms with Crippen molar-refractivity contribution >= 4 is 0 Å². The van der Waals surface area contributed by atoms with Gasteiger partial charge in [0.05, 0.1) is 12.2 Å². The molecular formula is C27H45NO2. The van der Waals surface area contributed by atoms with Crippen LogP contribution in [0.5, 0.6) is 0 Å². The molecular weight excluding hydrogens is 370 g/mol. The highest BCUT2D eigenvalue weighted by Gasteiger charge is 2.68. The smallest absolute Gasteiger partial charge is 0.122 e. The molecule has 30 heavy (non-hydrogen) atoms. The normalized spacial score (nSPS) is 62.5. The molecule has 1 spiro atoms. The molecule has 4 unspecified atom stereocenters. The third-order valence-corrected chi connectivity index (χ3v) is 12.1. The van der Waals surface area contributed by atoms with Crippen LogP contribution < -0.4 is 5.32 Å². The Hall–Kier alpha value is -0.120. The van der Waals surface area contributed by atoms with Crippen molar-refractivity contribution in [2.24, 2.45) is 52.3 Å². The zero-order valence-corrected chi connectivity index (χ0v) is 19.8. The van der Waals surface area contributed by atoms with E-state index in [-0.39, 0.29) is 11.8 Å². The first-order valence-corrected chi connectivity index (χ1v) is 13.4. The summed E-state index contributed by atoms with van der Waals surface area (Å²) in [5.41, 5.74) is 0.919. The number of fused-ring (bicyclic) bond motifs is 7. The largest absolute Gasteiger partial charge is 0.393 e. The molecule has 3 nitrogen and oxygen atoms in total. The van der Waals surface area contributed by atoms with Crippen LogP contribution in [0.25, 0.3) is 0 Å². The first kappa shape index (κ1) is 20.5. The quantitative estimate of drug-likeness (QED) is 0.559. The van der Waals surface area contributed by atoms with E-state index >= 15 is 0 Å². The number of ether oxygens (including phenoxy) is 1. The molecule has 170 valence electrons. The predicted molar refractivity (Wildman–Crippen MR) is 120 cm³/mol. The van der Waals surface area contributed by atoms with Crippen LogP contribution >= 0.6 is 0 Å². The summed E-state index contributed by atoms with van der Waals surface area (Å²) in [7, 11) is 0. The van der Waals surface area contributed by atoms with Gasteiger partial charge in [-0.05, 0) is 111 Å². The summed E-state index contributed by atoms with van der Waals surface area (Å²) in [5, 5.41) is 14.2. The van der Waals surface area contributed by atoms with Crippen molar-refractivity contribution in [3.63, 3.8) is 0 Å². The van der Waals surface area contributed by atoms with Crippen LogP contribution in [0.15, 0.2) is 0 Å². The minimum atomic E-state index is -0.0320. The summed E-state index contributed by atoms with van der Waals surface area (Å²) >= 11 is 0. The van der Waals surface area contributed by atoms with Crippen molar-refractivity contribution in [2.75, 3.05) is 6.54 Å². The van der Waals surface area contributed by atoms with Gasteiger partial charge in [-0.15, -0.1) is 0 Å². The van der Waals surface area contributed by atoms with Crippen LogP contribution in [-0.2, 0) is 4.74 Å². The highest BCUT2D eigenvalue weighted by molar-refractivity contribution is 5.16. The van der Waals surface area contributed by atoms with E-state index in [0.717, 1.165) is 54.9 Å². The van der Waals surface area contributed by atoms with Crippen LogP contribution in [0.3, 0.4) is 0 Å². The predicted octanol–water partition coefficient (Wildman–Crippen LogP) is 5.37. The maximum atomic E-state index is 10.3. The van der Waals surface area contributed by atoms with Crippen LogP contribution in [0, 0.1) is 52.3 Å². The summed E-state index contributed by atoms with van der Waals surface area (Å²) in [6.07, 6.45) is 13.2. The summed E-state index contributed by atoms with van der Waals surface area (Å²) in [4.78, 5) is 0. The Kier molecular flexibility index (Phi) is 4.58. The molecule has 0 amide bonds. The zero-order valence-electron chi connectivity index (χ0n) is 19.8. The van der Waals surface area contributed by atoms with Gasteiger partial charge >= 0.3 is 0 Å². The van der Waals surface area contributed by atoms with Gasteiger partial charge in [-0.2, -0.15) is 0 Å². The van der Waals surface area contributed by atoms with Gasteiger partial charge in [0, 0.05) is 12.5 Å². The van der Waals surface area contributed by atoms with E-state index in [0.29, 0.717) is 22.9 Å². The summed E-state index contributed by atoms with van der Waals surface area (Å²) in [5.74, 6) is 5.57. The van der Waals surface area contributed by atoms with Gasteiger partial charge in [-0.3, -0.25) is 5.32 Å². The number of nitrogens with one attached hydrogen (secondary N) is 1. The van der Waals surface area contributed by atoms with Crippen molar-refractivity contribution in [1.82, 2.24) is 5.32 Å². The Balaban J connectivity index is 1.26. The van der Waals surface area contributed by atoms with Crippen LogP contribution in [0.4, 0.5) is 0 Å². The molecule has 4 saturated carbocycles. The maximum Gasteiger partial charge on any atom is 0.122 e. The second-order valence-corrected chi connectivity index (χ2v) is 13.3. The monoisotopic (exact) mass is 415 g/mol. The molecule has 0 bridgehead atoms. The molecule has 2 saturated heterocycles. The van der Waals surface area contributed by atoms with Gasteiger partial charge in [0.1, 0.15) is 5.72 Å². The second kappa shape index (κ2) is 6.70. The highest BCUT2D eigenvalue weighted by atomic mass is 16.5. The van der Waals surface area contributed by atoms with E-state index in [2.05, 4.69) is 33.0 Å². The van der Waals surface area contributed by atoms with Gasteiger partial charge in [0.15, 0.2) is 0 Å². The van der Waals surface area contributed by atoms with Crippen molar-refractivity contribution in [2.45, 2.75) is 110 Å². The lowest BCUT2D eigenvalue weighted by molar-refractivity contribution is -0.140. The molecule has 0 radical (unpaired) electrons. The molecule has 6 rings (SSSR count). The lowest BCUT2D eigenvalue weighted by Crippen LogP contribution is -2.57. The summed E-state index contributed by atoms with van der Waals surface area (Å²) in [6.45, 7) is 11.3. The first-order valence-electron chi connectivity index (χ1n) is 13.4. The van der Waals surface area contributed by atoms with E-state index in [1.54, 1.807) is 0 Å². The van der Waals surface area contributed by atoms with E-state index in [9.17, 15) is 5.11 Å². The molecule has 2 N–H and O–H groups in total. The fraction of sp³-hybridized carbons (Fsp3) is 1.00. The molecule has 6 aliphatic rings. The molecule has 12 atom stereocenters. The van der Waals surface area contributed by atoms with Crippen LogP contribution in [0.2, 0.25) is 0 Å². The van der Waals surface area contributed by atoms with Crippen molar-refractivity contribution in [3.8, 4) is 0 Å². The molecule has 0 aromatic rings. The third-order valence-electron chi connectivity index (χ3n) is 12.1. The Labute approximate surface area is 184 Å². The number of hydrogen-bond acceptors (Lipinski definition) is 3. The molecule has 0 aromatic heterocycles. The average molecular weight is 416 g/mol. The zero-order chi connectivity index (χ0) is 20.9. The summed E-state index contributed by atoms with van der Waals surface area (Å²) in [6, 6.07) is 0. The number of hydrogen-bond donors (Lipinski definition) is 2. The van der Waals surface area contributed by atoms with Crippen molar-refractivity contribution in [3.05, 3.63) is 0 Å². The lowest BCUT2D eigenvalue weighted by Gasteiger charge is -2.61. The Morgan fingerprint density at radius 1 is 0.867 bits per heavy atom. The van der Waals surface area contributed by atoms with Crippen molar-refractivity contribution in [1.29, 1.82) is 0 Å². The Bertz CT molecular complexity index is 686. The van der Waals surface area contributed by atoms with Gasteiger partial charge in [-0.1, -0.05) is 27.7 Å². The van der Waals surface area contributed by atoms with Gasteiger partial charge < -0.3 is 9.84 Å². The fourth-order valence-electron chi connectivity index (χ4n) is 10.4. The fourth-order valence-corrected chi connectivity index (χ4v) is 10.4. The standard InChI is InChI=1S/C27H45NO2/c1-16-7-12-27(28-15-16)17(2)24-23(30-27)14-22-20-6-5-18-13-19(29)8-10-25(18,3)21(20)9-11-26(22,24)4/h16-24,28-29H,5-15H2,1-4H3/t16?,17-,18-,19-,20?,21?,22?,23-,24-,25-,26-,27-/m0/s1. The molecule has 3 heteroatoms.